The number of carbonyl (C=O) groups is 1. The van der Waals surface area contributed by atoms with Gasteiger partial charge in [-0.2, -0.15) is 5.26 Å². The number of likely N-dealkylation sites (N-methyl/N-ethyl adjacent to an activating group) is 1. The average Bonchev–Trinajstić information content (AvgIpc) is 3.14. The van der Waals surface area contributed by atoms with Gasteiger partial charge in [0.2, 0.25) is 11.8 Å². The van der Waals surface area contributed by atoms with Gasteiger partial charge >= 0.3 is 0 Å². The SMILES string of the molecule is CN1CCN(CC(=O)Nc2oc(-c3ccccc3)c(-c3ccccc3)c2C#N)CC1. The first-order valence-corrected chi connectivity index (χ1v) is 10.0. The zero-order chi connectivity index (χ0) is 20.9. The predicted molar refractivity (Wildman–Crippen MR) is 117 cm³/mol. The number of nitriles is 1. The molecule has 1 saturated heterocycles. The maximum atomic E-state index is 12.7. The molecule has 0 aliphatic carbocycles. The van der Waals surface area contributed by atoms with Crippen molar-refractivity contribution in [3.8, 4) is 28.5 Å². The van der Waals surface area contributed by atoms with Crippen LogP contribution < -0.4 is 5.32 Å². The molecule has 3 aromatic rings. The van der Waals surface area contributed by atoms with Crippen molar-refractivity contribution in [2.75, 3.05) is 45.1 Å². The van der Waals surface area contributed by atoms with Crippen LogP contribution in [0.15, 0.2) is 65.1 Å². The molecule has 1 amide bonds. The second-order valence-electron chi connectivity index (χ2n) is 7.48. The number of hydrogen-bond donors (Lipinski definition) is 1. The highest BCUT2D eigenvalue weighted by Crippen LogP contribution is 2.41. The van der Waals surface area contributed by atoms with Gasteiger partial charge in [-0.25, -0.2) is 0 Å². The monoisotopic (exact) mass is 400 g/mol. The molecule has 6 nitrogen and oxygen atoms in total. The molecule has 0 bridgehead atoms. The van der Waals surface area contributed by atoms with Gasteiger partial charge in [0, 0.05) is 37.3 Å². The van der Waals surface area contributed by atoms with E-state index in [0.717, 1.165) is 37.3 Å². The van der Waals surface area contributed by atoms with E-state index in [1.54, 1.807) is 0 Å². The van der Waals surface area contributed by atoms with Gasteiger partial charge in [-0.1, -0.05) is 60.7 Å². The highest BCUT2D eigenvalue weighted by molar-refractivity contribution is 5.96. The number of nitrogens with zero attached hydrogens (tertiary/aromatic N) is 3. The number of rotatable bonds is 5. The molecule has 30 heavy (non-hydrogen) atoms. The Kier molecular flexibility index (Phi) is 5.94. The van der Waals surface area contributed by atoms with Crippen LogP contribution in [0.25, 0.3) is 22.5 Å². The van der Waals surface area contributed by atoms with E-state index in [9.17, 15) is 10.1 Å². The van der Waals surface area contributed by atoms with E-state index in [0.29, 0.717) is 16.9 Å². The number of carbonyl (C=O) groups excluding carboxylic acids is 1. The average molecular weight is 400 g/mol. The van der Waals surface area contributed by atoms with E-state index >= 15 is 0 Å². The number of amides is 1. The molecule has 1 aliphatic rings. The summed E-state index contributed by atoms with van der Waals surface area (Å²) in [7, 11) is 2.08. The maximum absolute atomic E-state index is 12.7. The first-order valence-electron chi connectivity index (χ1n) is 10.0. The largest absolute Gasteiger partial charge is 0.438 e. The predicted octanol–water partition coefficient (Wildman–Crippen LogP) is 3.67. The van der Waals surface area contributed by atoms with Gasteiger partial charge in [0.1, 0.15) is 17.4 Å². The van der Waals surface area contributed by atoms with Gasteiger partial charge in [0.05, 0.1) is 6.54 Å². The normalized spacial score (nSPS) is 14.9. The summed E-state index contributed by atoms with van der Waals surface area (Å²) in [5, 5.41) is 12.7. The molecule has 2 aromatic carbocycles. The summed E-state index contributed by atoms with van der Waals surface area (Å²) in [6.45, 7) is 3.84. The Morgan fingerprint density at radius 3 is 2.20 bits per heavy atom. The molecule has 6 heteroatoms. The van der Waals surface area contributed by atoms with E-state index in [1.165, 1.54) is 0 Å². The molecule has 0 unspecified atom stereocenters. The van der Waals surface area contributed by atoms with Crippen LogP contribution in [-0.2, 0) is 4.79 Å². The molecule has 0 atom stereocenters. The molecule has 1 aromatic heterocycles. The highest BCUT2D eigenvalue weighted by atomic mass is 16.4. The van der Waals surface area contributed by atoms with Gasteiger partial charge in [-0.05, 0) is 12.6 Å². The fourth-order valence-electron chi connectivity index (χ4n) is 3.67. The number of anilines is 1. The molecule has 4 rings (SSSR count). The summed E-state index contributed by atoms with van der Waals surface area (Å²) in [6.07, 6.45) is 0. The van der Waals surface area contributed by atoms with Crippen molar-refractivity contribution in [2.45, 2.75) is 0 Å². The van der Waals surface area contributed by atoms with Crippen molar-refractivity contribution in [3.63, 3.8) is 0 Å². The Hall–Kier alpha value is -3.40. The molecule has 152 valence electrons. The van der Waals surface area contributed by atoms with Crippen molar-refractivity contribution in [1.82, 2.24) is 9.80 Å². The van der Waals surface area contributed by atoms with E-state index in [1.807, 2.05) is 60.7 Å². The third kappa shape index (κ3) is 4.28. The quantitative estimate of drug-likeness (QED) is 0.707. The lowest BCUT2D eigenvalue weighted by Gasteiger charge is -2.31. The minimum atomic E-state index is -0.177. The van der Waals surface area contributed by atoms with Crippen molar-refractivity contribution < 1.29 is 9.21 Å². The first kappa shape index (κ1) is 19.9. The molecule has 0 spiro atoms. The number of hydrogen-bond acceptors (Lipinski definition) is 5. The lowest BCUT2D eigenvalue weighted by atomic mass is 9.98. The molecule has 0 radical (unpaired) electrons. The summed E-state index contributed by atoms with van der Waals surface area (Å²) in [6, 6.07) is 21.5. The minimum absolute atomic E-state index is 0.177. The van der Waals surface area contributed by atoms with Crippen molar-refractivity contribution in [3.05, 3.63) is 66.2 Å². The second-order valence-corrected chi connectivity index (χ2v) is 7.48. The van der Waals surface area contributed by atoms with E-state index < -0.39 is 0 Å². The van der Waals surface area contributed by atoms with Crippen LogP contribution in [0, 0.1) is 11.3 Å². The summed E-state index contributed by atoms with van der Waals surface area (Å²) >= 11 is 0. The Labute approximate surface area is 176 Å². The Balaban J connectivity index is 1.66. The molecular weight excluding hydrogens is 376 g/mol. The Bertz CT molecular complexity index is 1050. The second kappa shape index (κ2) is 8.95. The van der Waals surface area contributed by atoms with Crippen LogP contribution in [0.3, 0.4) is 0 Å². The highest BCUT2D eigenvalue weighted by Gasteiger charge is 2.25. The summed E-state index contributed by atoms with van der Waals surface area (Å²) in [5.41, 5.74) is 2.76. The number of piperazine rings is 1. The van der Waals surface area contributed by atoms with Crippen LogP contribution in [0.4, 0.5) is 5.88 Å². The zero-order valence-electron chi connectivity index (χ0n) is 17.0. The van der Waals surface area contributed by atoms with Gasteiger partial charge in [0.25, 0.3) is 0 Å². The zero-order valence-corrected chi connectivity index (χ0v) is 17.0. The van der Waals surface area contributed by atoms with Gasteiger partial charge in [0.15, 0.2) is 0 Å². The first-order chi connectivity index (χ1) is 14.7. The molecule has 0 saturated carbocycles. The third-order valence-corrected chi connectivity index (χ3v) is 5.33. The van der Waals surface area contributed by atoms with Crippen molar-refractivity contribution in [2.24, 2.45) is 0 Å². The smallest absolute Gasteiger partial charge is 0.240 e. The standard InChI is InChI=1S/C24H24N4O2/c1-27-12-14-28(15-13-27)17-21(29)26-24-20(16-25)22(18-8-4-2-5-9-18)23(30-24)19-10-6-3-7-11-19/h2-11H,12-15,17H2,1H3,(H,26,29). The maximum Gasteiger partial charge on any atom is 0.240 e. The molecule has 1 aliphatic heterocycles. The summed E-state index contributed by atoms with van der Waals surface area (Å²) in [5.74, 6) is 0.603. The molecule has 1 fully saturated rings. The van der Waals surface area contributed by atoms with Crippen LogP contribution in [-0.4, -0.2) is 55.5 Å². The van der Waals surface area contributed by atoms with Crippen LogP contribution in [0.5, 0.6) is 0 Å². The number of benzene rings is 2. The van der Waals surface area contributed by atoms with Crippen molar-refractivity contribution in [1.29, 1.82) is 5.26 Å². The van der Waals surface area contributed by atoms with Gasteiger partial charge in [-0.3, -0.25) is 15.0 Å². The van der Waals surface area contributed by atoms with Gasteiger partial charge < -0.3 is 9.32 Å². The third-order valence-electron chi connectivity index (χ3n) is 5.33. The van der Waals surface area contributed by atoms with E-state index in [2.05, 4.69) is 28.2 Å². The molecular formula is C24H24N4O2. The van der Waals surface area contributed by atoms with Crippen LogP contribution >= 0.6 is 0 Å². The number of nitrogens with one attached hydrogen (secondary N) is 1. The van der Waals surface area contributed by atoms with E-state index in [4.69, 9.17) is 4.42 Å². The van der Waals surface area contributed by atoms with Crippen LogP contribution in [0.2, 0.25) is 0 Å². The number of furan rings is 1. The van der Waals surface area contributed by atoms with E-state index in [-0.39, 0.29) is 18.3 Å². The molecule has 2 heterocycles. The fourth-order valence-corrected chi connectivity index (χ4v) is 3.67. The lowest BCUT2D eigenvalue weighted by Crippen LogP contribution is -2.47. The topological polar surface area (TPSA) is 72.5 Å². The summed E-state index contributed by atoms with van der Waals surface area (Å²) in [4.78, 5) is 17.0. The Morgan fingerprint density at radius 1 is 1.00 bits per heavy atom. The van der Waals surface area contributed by atoms with Crippen molar-refractivity contribution >= 4 is 11.8 Å². The molecule has 1 N–H and O–H groups in total. The van der Waals surface area contributed by atoms with Crippen LogP contribution in [0.1, 0.15) is 5.56 Å². The Morgan fingerprint density at radius 2 is 1.60 bits per heavy atom. The summed E-state index contributed by atoms with van der Waals surface area (Å²) < 4.78 is 6.07. The minimum Gasteiger partial charge on any atom is -0.438 e. The fraction of sp³-hybridized carbons (Fsp3) is 0.250. The lowest BCUT2D eigenvalue weighted by molar-refractivity contribution is -0.117. The van der Waals surface area contributed by atoms with Gasteiger partial charge in [-0.15, -0.1) is 0 Å².